The average Bonchev–Trinajstić information content (AvgIpc) is 3.97. The zero-order valence-electron chi connectivity index (χ0n) is 45.4. The lowest BCUT2D eigenvalue weighted by Crippen LogP contribution is -2.41. The number of hydrogen-bond donors (Lipinski definition) is 4. The van der Waals surface area contributed by atoms with E-state index in [1.807, 2.05) is 60.7 Å². The quantitative estimate of drug-likeness (QED) is 0.0411. The van der Waals surface area contributed by atoms with Crippen molar-refractivity contribution < 1.29 is 57.1 Å². The van der Waals surface area contributed by atoms with Crippen molar-refractivity contribution in [1.29, 1.82) is 0 Å². The first kappa shape index (κ1) is 61.2. The number of carbonyl (C=O) groups excluding carboxylic acids is 4. The normalized spacial score (nSPS) is 14.6. The molecule has 4 aromatic rings. The molecule has 0 spiro atoms. The summed E-state index contributed by atoms with van der Waals surface area (Å²) in [6, 6.07) is 18.5. The number of nitrogens with two attached hydrogens (primary N) is 1. The molecule has 2 atom stereocenters. The highest BCUT2D eigenvalue weighted by molar-refractivity contribution is 6.07. The van der Waals surface area contributed by atoms with Crippen molar-refractivity contribution in [1.82, 2.24) is 30.5 Å². The van der Waals surface area contributed by atoms with E-state index in [0.717, 1.165) is 64.6 Å². The van der Waals surface area contributed by atoms with Gasteiger partial charge in [-0.25, -0.2) is 9.80 Å². The number of anilines is 1. The van der Waals surface area contributed by atoms with Crippen LogP contribution >= 0.6 is 0 Å². The summed E-state index contributed by atoms with van der Waals surface area (Å²) in [6.45, 7) is 9.57. The van der Waals surface area contributed by atoms with Gasteiger partial charge in [-0.2, -0.15) is 5.10 Å². The van der Waals surface area contributed by atoms with Crippen molar-refractivity contribution >= 4 is 46.1 Å². The summed E-state index contributed by atoms with van der Waals surface area (Å²) in [5, 5.41) is 16.3. The smallest absolute Gasteiger partial charge is 0.322 e. The first-order chi connectivity index (χ1) is 38.3. The van der Waals surface area contributed by atoms with Crippen LogP contribution in [0.15, 0.2) is 84.4 Å². The molecule has 0 saturated heterocycles. The standard InChI is InChI=1S/C57H81N9O12/c1-71-26-27-73-30-31-75-34-35-77-38-39-78-37-36-76-33-32-74-29-28-72-25-19-54(67)61-20-6-4-12-51(58)55(68)62-21-5-2-3-7-24-66-56(69)50(48-10-8-13-52-49(48)11-9-22-60-52)40-53(64-66)44-14-16-47(17-15-44)63-57(70)65-42-45-18-23-59-41-46(45)43-65/h8-11,13-18,22-23,41,50-51H,2-7,12,19-21,24-40,42-43,58H2,1H3,(H,61,67)(H,62,68)(H,63,70). The van der Waals surface area contributed by atoms with Crippen LogP contribution in [0.3, 0.4) is 0 Å². The second-order valence-corrected chi connectivity index (χ2v) is 18.9. The summed E-state index contributed by atoms with van der Waals surface area (Å²) >= 11 is 0. The molecule has 5 N–H and O–H groups in total. The summed E-state index contributed by atoms with van der Waals surface area (Å²) in [5.74, 6) is -0.793. The molecule has 0 saturated carbocycles. The highest BCUT2D eigenvalue weighted by Crippen LogP contribution is 2.34. The number of hydrazone groups is 1. The predicted molar refractivity (Wildman–Crippen MR) is 295 cm³/mol. The number of urea groups is 1. The zero-order chi connectivity index (χ0) is 54.8. The molecule has 2 aromatic heterocycles. The van der Waals surface area contributed by atoms with Crippen LogP contribution in [-0.4, -0.2) is 181 Å². The molecular formula is C57H81N9O12. The lowest BCUT2D eigenvalue weighted by Gasteiger charge is -2.30. The number of aromatic nitrogens is 2. The van der Waals surface area contributed by atoms with E-state index < -0.39 is 12.0 Å². The first-order valence-corrected chi connectivity index (χ1v) is 27.4. The molecule has 21 heteroatoms. The second kappa shape index (κ2) is 36.2. The fraction of sp³-hybridized carbons (Fsp3) is 0.561. The number of amides is 5. The van der Waals surface area contributed by atoms with E-state index in [1.165, 1.54) is 0 Å². The van der Waals surface area contributed by atoms with Crippen molar-refractivity contribution in [2.75, 3.05) is 131 Å². The monoisotopic (exact) mass is 1080 g/mol. The number of carbonyl (C=O) groups is 4. The summed E-state index contributed by atoms with van der Waals surface area (Å²) < 4.78 is 43.1. The highest BCUT2D eigenvalue weighted by Gasteiger charge is 2.34. The van der Waals surface area contributed by atoms with Crippen LogP contribution in [0.1, 0.15) is 86.0 Å². The molecule has 426 valence electrons. The van der Waals surface area contributed by atoms with E-state index in [9.17, 15) is 19.2 Å². The van der Waals surface area contributed by atoms with Crippen LogP contribution in [0, 0.1) is 0 Å². The van der Waals surface area contributed by atoms with Crippen LogP contribution in [0.5, 0.6) is 0 Å². The van der Waals surface area contributed by atoms with E-state index in [1.54, 1.807) is 35.6 Å². The lowest BCUT2D eigenvalue weighted by molar-refractivity contribution is -0.133. The largest absolute Gasteiger partial charge is 0.382 e. The molecule has 0 radical (unpaired) electrons. The fourth-order valence-corrected chi connectivity index (χ4v) is 8.77. The third-order valence-corrected chi connectivity index (χ3v) is 13.1. The van der Waals surface area contributed by atoms with Gasteiger partial charge in [0.15, 0.2) is 0 Å². The van der Waals surface area contributed by atoms with Gasteiger partial charge in [0.2, 0.25) is 11.8 Å². The number of nitrogens with zero attached hydrogens (tertiary/aromatic N) is 5. The third kappa shape index (κ3) is 22.0. The summed E-state index contributed by atoms with van der Waals surface area (Å²) in [4.78, 5) is 62.8. The molecule has 2 aliphatic rings. The number of unbranched alkanes of at least 4 members (excludes halogenated alkanes) is 4. The maximum Gasteiger partial charge on any atom is 0.322 e. The number of hydrogen-bond acceptors (Lipinski definition) is 16. The van der Waals surface area contributed by atoms with Crippen molar-refractivity contribution in [3.05, 3.63) is 102 Å². The molecule has 21 nitrogen and oxygen atoms in total. The molecule has 2 aliphatic heterocycles. The Hall–Kier alpha value is -6.01. The molecule has 2 unspecified atom stereocenters. The average molecular weight is 1080 g/mol. The van der Waals surface area contributed by atoms with E-state index >= 15 is 0 Å². The minimum atomic E-state index is -0.628. The number of rotatable bonds is 40. The first-order valence-electron chi connectivity index (χ1n) is 27.4. The number of ether oxygens (including phenoxy) is 8. The molecular weight excluding hydrogens is 1000 g/mol. The van der Waals surface area contributed by atoms with Crippen molar-refractivity contribution in [2.24, 2.45) is 10.8 Å². The minimum absolute atomic E-state index is 0.0564. The molecule has 78 heavy (non-hydrogen) atoms. The summed E-state index contributed by atoms with van der Waals surface area (Å²) in [7, 11) is 1.64. The molecule has 2 aromatic carbocycles. The molecule has 0 fully saturated rings. The second-order valence-electron chi connectivity index (χ2n) is 18.9. The third-order valence-electron chi connectivity index (χ3n) is 13.1. The topological polar surface area (TPSA) is 249 Å². The Kier molecular flexibility index (Phi) is 28.4. The van der Waals surface area contributed by atoms with Gasteiger partial charge in [-0.1, -0.05) is 43.2 Å². The summed E-state index contributed by atoms with van der Waals surface area (Å²) in [6.07, 6.45) is 11.1. The number of pyridine rings is 2. The van der Waals surface area contributed by atoms with Crippen LogP contribution < -0.4 is 21.7 Å². The van der Waals surface area contributed by atoms with Gasteiger partial charge in [-0.3, -0.25) is 24.4 Å². The van der Waals surface area contributed by atoms with Crippen molar-refractivity contribution in [3.63, 3.8) is 0 Å². The van der Waals surface area contributed by atoms with Gasteiger partial charge in [-0.05, 0) is 84.7 Å². The summed E-state index contributed by atoms with van der Waals surface area (Å²) in [5.41, 5.74) is 12.4. The Balaban J connectivity index is 0.764. The number of methoxy groups -OCH3 is 1. The van der Waals surface area contributed by atoms with E-state index in [4.69, 9.17) is 48.7 Å². The fourth-order valence-electron chi connectivity index (χ4n) is 8.77. The van der Waals surface area contributed by atoms with Crippen molar-refractivity contribution in [3.8, 4) is 0 Å². The molecule has 0 aliphatic carbocycles. The van der Waals surface area contributed by atoms with Crippen LogP contribution in [0.25, 0.3) is 10.9 Å². The van der Waals surface area contributed by atoms with Gasteiger partial charge in [0.05, 0.1) is 122 Å². The Bertz CT molecular complexity index is 2400. The molecule has 6 rings (SSSR count). The van der Waals surface area contributed by atoms with Crippen LogP contribution in [0.4, 0.5) is 10.5 Å². The Labute approximate surface area is 458 Å². The number of nitrogens with one attached hydrogen (secondary N) is 3. The zero-order valence-corrected chi connectivity index (χ0v) is 45.4. The molecule has 4 heterocycles. The van der Waals surface area contributed by atoms with Gasteiger partial charge < -0.3 is 64.5 Å². The Morgan fingerprint density at radius 1 is 0.667 bits per heavy atom. The Morgan fingerprint density at radius 2 is 1.28 bits per heavy atom. The molecule has 0 bridgehead atoms. The van der Waals surface area contributed by atoms with Gasteiger partial charge in [0.1, 0.15) is 0 Å². The van der Waals surface area contributed by atoms with E-state index in [2.05, 4.69) is 25.9 Å². The maximum absolute atomic E-state index is 14.2. The molecule has 5 amide bonds. The SMILES string of the molecule is COCCOCCOCCOCCOCCOCCOCCOCCC(=O)NCCCCC(N)C(=O)NCCCCCCN1N=C(c2ccc(NC(=O)N3Cc4ccncc4C3)cc2)CC(c2cccc3ncccc23)C1=O. The lowest BCUT2D eigenvalue weighted by atomic mass is 9.86. The van der Waals surface area contributed by atoms with Crippen molar-refractivity contribution in [2.45, 2.75) is 82.8 Å². The van der Waals surface area contributed by atoms with E-state index in [0.29, 0.717) is 163 Å². The van der Waals surface area contributed by atoms with E-state index in [-0.39, 0.29) is 30.2 Å². The Morgan fingerprint density at radius 3 is 1.95 bits per heavy atom. The van der Waals surface area contributed by atoms with Gasteiger partial charge in [0.25, 0.3) is 5.91 Å². The van der Waals surface area contributed by atoms with Gasteiger partial charge >= 0.3 is 6.03 Å². The van der Waals surface area contributed by atoms with Gasteiger partial charge in [0, 0.05) is 82.3 Å². The highest BCUT2D eigenvalue weighted by atomic mass is 16.6. The number of fused-ring (bicyclic) bond motifs is 2. The van der Waals surface area contributed by atoms with Crippen LogP contribution in [-0.2, 0) is 65.4 Å². The minimum Gasteiger partial charge on any atom is -0.382 e. The van der Waals surface area contributed by atoms with Gasteiger partial charge in [-0.15, -0.1) is 0 Å². The number of benzene rings is 2. The predicted octanol–water partition coefficient (Wildman–Crippen LogP) is 5.34. The van der Waals surface area contributed by atoms with Crippen LogP contribution in [0.2, 0.25) is 0 Å². The maximum atomic E-state index is 14.2.